The number of aromatic nitrogens is 8. The van der Waals surface area contributed by atoms with E-state index in [1.165, 1.54) is 0 Å². The van der Waals surface area contributed by atoms with Crippen molar-refractivity contribution in [1.82, 2.24) is 49.0 Å². The quantitative estimate of drug-likeness (QED) is 0.0192. The predicted octanol–water partition coefficient (Wildman–Crippen LogP) is 19.3. The van der Waals surface area contributed by atoms with Gasteiger partial charge in [-0.15, -0.1) is 0 Å². The molecular formula is C85H126IN13O10Si4. The van der Waals surface area contributed by atoms with E-state index in [1.54, 1.807) is 0 Å². The summed E-state index contributed by atoms with van der Waals surface area (Å²) in [5, 5.41) is 16.4. The molecule has 12 rings (SSSR count). The van der Waals surface area contributed by atoms with Crippen LogP contribution in [0.25, 0.3) is 56.1 Å². The summed E-state index contributed by atoms with van der Waals surface area (Å²) < 4.78 is 54.3. The van der Waals surface area contributed by atoms with Crippen LogP contribution in [0.3, 0.4) is 0 Å². The maximum atomic E-state index is 13.5. The molecule has 8 aromatic rings. The highest BCUT2D eigenvalue weighted by atomic mass is 127. The normalized spacial score (nSPS) is 18.6. The molecule has 4 saturated heterocycles. The summed E-state index contributed by atoms with van der Waals surface area (Å²) >= 11 is 2.46. The Kier molecular flexibility index (Phi) is 31.6. The standard InChI is InChI=1S/C41H59IN6O5Si2.C41H60N6O5Si2.C2H6.CHN/c1-41(2,3)53-40(49)47-32-21-31(22-33(47)26-52-25-32)37-36(42)39(46(27-50-17-19-54(4,5)6)28-51-18-20-55(7,8)9)48-38(45-37)34(24-44-48)30-15-16-35(43-23-30)29-13-11-10-12-14-29;1-41(2,3)52-40(48)46-33-21-32(22-34(46)27-51-26-33)37-23-38(45(28-49-17-19-53(4,5)6)29-50-18-20-54(7,8)9)47-39(44-37)35(25-43-47)31-15-16-36(42-24-31)30-13-11-10-12-14-30;2*1-2/h10-16,23-24,31-33H,17-22,25-28H2,1-9H3;10-16,23-25,32-34H,17-22,26-29H2,1-9H3;1-2H3;1H. The van der Waals surface area contributed by atoms with E-state index in [0.717, 1.165) is 107 Å². The lowest BCUT2D eigenvalue weighted by molar-refractivity contribution is -0.0830. The Morgan fingerprint density at radius 1 is 0.496 bits per heavy atom. The number of fused-ring (bicyclic) bond motifs is 6. The van der Waals surface area contributed by atoms with Crippen molar-refractivity contribution in [2.45, 2.75) is 231 Å². The van der Waals surface area contributed by atoms with Crippen LogP contribution in [0.5, 0.6) is 0 Å². The summed E-state index contributed by atoms with van der Waals surface area (Å²) in [6.07, 6.45) is 9.92. The van der Waals surface area contributed by atoms with Gasteiger partial charge in [0.15, 0.2) is 17.1 Å². The van der Waals surface area contributed by atoms with E-state index in [2.05, 4.69) is 172 Å². The van der Waals surface area contributed by atoms with Crippen molar-refractivity contribution in [1.29, 1.82) is 5.26 Å². The van der Waals surface area contributed by atoms with E-state index in [9.17, 15) is 9.59 Å². The number of amides is 2. The Hall–Kier alpha value is -7.03. The molecule has 4 aliphatic rings. The van der Waals surface area contributed by atoms with Crippen molar-refractivity contribution in [3.63, 3.8) is 0 Å². The molecular weight excluding hydrogens is 1600 g/mol. The number of nitrogens with zero attached hydrogens (tertiary/aromatic N) is 13. The topological polar surface area (TPSA) is 231 Å². The first-order valence-corrected chi connectivity index (χ1v) is 56.2. The molecule has 0 N–H and O–H groups in total. The van der Waals surface area contributed by atoms with Gasteiger partial charge in [0.25, 0.3) is 0 Å². The number of halogens is 1. The summed E-state index contributed by atoms with van der Waals surface area (Å²) in [5.74, 6) is 1.94. The summed E-state index contributed by atoms with van der Waals surface area (Å²) in [6.45, 7) is 53.5. The average molecular weight is 1730 g/mol. The third-order valence-corrected chi connectivity index (χ3v) is 27.9. The highest BCUT2D eigenvalue weighted by Crippen LogP contribution is 2.44. The van der Waals surface area contributed by atoms with Gasteiger partial charge in [-0.2, -0.15) is 19.2 Å². The number of piperidine rings is 2. The number of rotatable bonds is 28. The van der Waals surface area contributed by atoms with E-state index < -0.39 is 43.5 Å². The molecule has 2 aromatic carbocycles. The lowest BCUT2D eigenvalue weighted by Gasteiger charge is -2.48. The van der Waals surface area contributed by atoms with Crippen LogP contribution in [0.2, 0.25) is 103 Å². The Morgan fingerprint density at radius 2 is 0.858 bits per heavy atom. The molecule has 2 amide bonds. The molecule has 4 bridgehead atoms. The van der Waals surface area contributed by atoms with Crippen molar-refractivity contribution in [2.24, 2.45) is 0 Å². The highest BCUT2D eigenvalue weighted by molar-refractivity contribution is 14.1. The molecule has 23 nitrogen and oxygen atoms in total. The fourth-order valence-corrected chi connectivity index (χ4v) is 18.2. The fourth-order valence-electron chi connectivity index (χ4n) is 14.1. The minimum Gasteiger partial charge on any atom is -0.444 e. The van der Waals surface area contributed by atoms with Gasteiger partial charge < -0.3 is 47.7 Å². The van der Waals surface area contributed by atoms with Crippen molar-refractivity contribution < 1.29 is 47.5 Å². The van der Waals surface area contributed by atoms with Gasteiger partial charge in [-0.1, -0.05) is 165 Å². The number of benzene rings is 2. The molecule has 614 valence electrons. The van der Waals surface area contributed by atoms with Crippen LogP contribution in [0.15, 0.2) is 116 Å². The maximum Gasteiger partial charge on any atom is 0.410 e. The zero-order valence-corrected chi connectivity index (χ0v) is 77.1. The highest BCUT2D eigenvalue weighted by Gasteiger charge is 2.47. The van der Waals surface area contributed by atoms with Gasteiger partial charge in [0.2, 0.25) is 0 Å². The number of anilines is 2. The van der Waals surface area contributed by atoms with E-state index in [1.807, 2.05) is 135 Å². The molecule has 0 radical (unpaired) electrons. The molecule has 113 heavy (non-hydrogen) atoms. The average Bonchev–Trinajstić information content (AvgIpc) is 1.74. The molecule has 0 spiro atoms. The second kappa shape index (κ2) is 39.7. The zero-order chi connectivity index (χ0) is 82.2. The largest absolute Gasteiger partial charge is 0.444 e. The third kappa shape index (κ3) is 25.5. The minimum absolute atomic E-state index is 0.0806. The number of morpholine rings is 2. The number of hydrogen-bond acceptors (Lipinski definition) is 19. The summed E-state index contributed by atoms with van der Waals surface area (Å²) in [5.41, 5.74) is 9.95. The lowest BCUT2D eigenvalue weighted by atomic mass is 9.83. The van der Waals surface area contributed by atoms with Crippen molar-refractivity contribution in [3.8, 4) is 51.3 Å². The Balaban J connectivity index is 0.000000248. The van der Waals surface area contributed by atoms with E-state index in [-0.39, 0.29) is 48.2 Å². The van der Waals surface area contributed by atoms with Gasteiger partial charge in [0.1, 0.15) is 43.9 Å². The van der Waals surface area contributed by atoms with Crippen molar-refractivity contribution in [2.75, 3.05) is 89.6 Å². The summed E-state index contributed by atoms with van der Waals surface area (Å²) in [7, 11) is -5.17. The molecule has 0 aliphatic carbocycles. The third-order valence-electron chi connectivity index (χ3n) is 20.0. The first-order valence-electron chi connectivity index (χ1n) is 40.3. The van der Waals surface area contributed by atoms with Crippen LogP contribution in [-0.4, -0.2) is 209 Å². The van der Waals surface area contributed by atoms with Crippen molar-refractivity contribution in [3.05, 3.63) is 131 Å². The molecule has 28 heteroatoms. The van der Waals surface area contributed by atoms with E-state index in [4.69, 9.17) is 73.3 Å². The van der Waals surface area contributed by atoms with E-state index in [0.29, 0.717) is 105 Å². The number of ether oxygens (including phenoxy) is 8. The fraction of sp³-hybridized carbons (Fsp3) is 0.565. The molecule has 4 atom stereocenters. The lowest BCUT2D eigenvalue weighted by Crippen LogP contribution is -2.59. The molecule has 10 heterocycles. The van der Waals surface area contributed by atoms with Crippen LogP contribution >= 0.6 is 22.6 Å². The second-order valence-electron chi connectivity index (χ2n) is 36.6. The van der Waals surface area contributed by atoms with Gasteiger partial charge in [-0.3, -0.25) is 19.8 Å². The van der Waals surface area contributed by atoms with Gasteiger partial charge in [0, 0.05) is 135 Å². The summed E-state index contributed by atoms with van der Waals surface area (Å²) in [6, 6.07) is 34.7. The van der Waals surface area contributed by atoms with Crippen LogP contribution < -0.4 is 9.80 Å². The number of hydrogen-bond donors (Lipinski definition) is 0. The predicted molar refractivity (Wildman–Crippen MR) is 472 cm³/mol. The summed E-state index contributed by atoms with van der Waals surface area (Å²) in [4.78, 5) is 55.6. The maximum absolute atomic E-state index is 13.5. The minimum atomic E-state index is -1.30. The van der Waals surface area contributed by atoms with Crippen LogP contribution in [0.4, 0.5) is 21.2 Å². The molecule has 4 fully saturated rings. The van der Waals surface area contributed by atoms with Gasteiger partial charge in [-0.25, -0.2) is 24.8 Å². The zero-order valence-electron chi connectivity index (χ0n) is 70.9. The number of carbonyl (C=O) groups excluding carboxylic acids is 2. The number of carbonyl (C=O) groups is 2. The molecule has 6 aromatic heterocycles. The van der Waals surface area contributed by atoms with Crippen LogP contribution in [0.1, 0.15) is 104 Å². The Bertz CT molecular complexity index is 4300. The SMILES string of the molecule is C#N.CC.CC(C)(C)OC(=O)N1C2COCC1CC(c1cc(N(COCC[Si](C)(C)C)COCC[Si](C)(C)C)n3ncc(-c4ccc(-c5ccccc5)nc4)c3n1)C2.CC(C)(C)OC(=O)N1C2COCC1CC(c1nc3c(-c4ccc(-c5ccccc5)nc4)cnn3c(N(COCC[Si](C)(C)C)COCC[Si](C)(C)C)c1I)C2. The molecule has 4 aliphatic heterocycles. The van der Waals surface area contributed by atoms with Gasteiger partial charge in [-0.05, 0) is 126 Å². The number of nitriles is 1. The van der Waals surface area contributed by atoms with Gasteiger partial charge in [0.05, 0.1) is 83.6 Å². The van der Waals surface area contributed by atoms with Gasteiger partial charge >= 0.3 is 12.2 Å². The Morgan fingerprint density at radius 3 is 1.22 bits per heavy atom. The smallest absolute Gasteiger partial charge is 0.410 e. The van der Waals surface area contributed by atoms with Crippen LogP contribution in [-0.2, 0) is 37.9 Å². The Labute approximate surface area is 689 Å². The first kappa shape index (κ1) is 89.9. The molecule has 4 unspecified atom stereocenters. The molecule has 0 saturated carbocycles. The number of pyridine rings is 2. The monoisotopic (exact) mass is 1730 g/mol. The van der Waals surface area contributed by atoms with E-state index >= 15 is 0 Å². The van der Waals surface area contributed by atoms with Crippen molar-refractivity contribution >= 4 is 90.0 Å². The van der Waals surface area contributed by atoms with Crippen LogP contribution in [0, 0.1) is 15.4 Å². The second-order valence-corrected chi connectivity index (χ2v) is 60.2. The first-order chi connectivity index (χ1) is 53.5.